The molecule has 0 unspecified atom stereocenters. The second-order valence-corrected chi connectivity index (χ2v) is 4.58. The minimum absolute atomic E-state index is 0.243. The minimum atomic E-state index is -0.473. The molecule has 0 amide bonds. The lowest BCUT2D eigenvalue weighted by atomic mass is 10.1. The second kappa shape index (κ2) is 5.69. The van der Waals surface area contributed by atoms with E-state index in [-0.39, 0.29) is 5.69 Å². The van der Waals surface area contributed by atoms with Crippen molar-refractivity contribution < 1.29 is 9.53 Å². The molecule has 1 aromatic heterocycles. The fraction of sp³-hybridized carbons (Fsp3) is 0.267. The maximum absolute atomic E-state index is 11.6. The Labute approximate surface area is 118 Å². The Morgan fingerprint density at radius 3 is 2.65 bits per heavy atom. The summed E-state index contributed by atoms with van der Waals surface area (Å²) in [7, 11) is 1.33. The molecule has 0 spiro atoms. The van der Waals surface area contributed by atoms with Gasteiger partial charge in [-0.15, -0.1) is 0 Å². The van der Waals surface area contributed by atoms with Crippen LogP contribution in [0.2, 0.25) is 0 Å². The number of carbonyl (C=O) groups excluding carboxylic acids is 1. The van der Waals surface area contributed by atoms with Crippen molar-refractivity contribution in [3.8, 4) is 0 Å². The van der Waals surface area contributed by atoms with Crippen molar-refractivity contribution in [3.05, 3.63) is 46.8 Å². The Bertz CT molecular complexity index is 654. The van der Waals surface area contributed by atoms with Crippen molar-refractivity contribution in [2.45, 2.75) is 20.8 Å². The van der Waals surface area contributed by atoms with E-state index >= 15 is 0 Å². The number of hydrogen-bond donors (Lipinski definition) is 1. The zero-order chi connectivity index (χ0) is 14.7. The van der Waals surface area contributed by atoms with Crippen molar-refractivity contribution >= 4 is 17.6 Å². The average molecular weight is 271 g/mol. The Balaban J connectivity index is 2.36. The molecule has 2 aromatic rings. The fourth-order valence-corrected chi connectivity index (χ4v) is 1.84. The van der Waals surface area contributed by atoms with Gasteiger partial charge in [0, 0.05) is 11.4 Å². The van der Waals surface area contributed by atoms with E-state index in [1.54, 1.807) is 6.07 Å². The van der Waals surface area contributed by atoms with Gasteiger partial charge in [-0.3, -0.25) is 0 Å². The Morgan fingerprint density at radius 2 is 1.95 bits per heavy atom. The summed E-state index contributed by atoms with van der Waals surface area (Å²) in [6.07, 6.45) is 0. The Kier molecular flexibility index (Phi) is 3.98. The molecule has 104 valence electrons. The summed E-state index contributed by atoms with van der Waals surface area (Å²) >= 11 is 0. The van der Waals surface area contributed by atoms with Gasteiger partial charge in [-0.1, -0.05) is 12.1 Å². The highest BCUT2D eigenvalue weighted by atomic mass is 16.5. The highest BCUT2D eigenvalue weighted by Crippen LogP contribution is 2.21. The molecule has 1 N–H and O–H groups in total. The van der Waals surface area contributed by atoms with Gasteiger partial charge in [-0.2, -0.15) is 0 Å². The SMILES string of the molecule is COC(=O)c1cc(C)nc(Nc2cccc(C)c2C)n1. The number of aromatic nitrogens is 2. The van der Waals surface area contributed by atoms with Gasteiger partial charge in [0.15, 0.2) is 5.69 Å². The van der Waals surface area contributed by atoms with Crippen LogP contribution in [0.3, 0.4) is 0 Å². The first-order valence-corrected chi connectivity index (χ1v) is 6.28. The van der Waals surface area contributed by atoms with Crippen LogP contribution in [0, 0.1) is 20.8 Å². The van der Waals surface area contributed by atoms with E-state index in [4.69, 9.17) is 0 Å². The van der Waals surface area contributed by atoms with Crippen molar-refractivity contribution in [2.75, 3.05) is 12.4 Å². The van der Waals surface area contributed by atoms with Crippen molar-refractivity contribution in [1.82, 2.24) is 9.97 Å². The Hall–Kier alpha value is -2.43. The molecule has 0 saturated carbocycles. The first-order valence-electron chi connectivity index (χ1n) is 6.28. The van der Waals surface area contributed by atoms with Crippen molar-refractivity contribution in [3.63, 3.8) is 0 Å². The van der Waals surface area contributed by atoms with E-state index in [9.17, 15) is 4.79 Å². The van der Waals surface area contributed by atoms with Crippen LogP contribution in [-0.4, -0.2) is 23.0 Å². The number of nitrogens with zero attached hydrogens (tertiary/aromatic N) is 2. The van der Waals surface area contributed by atoms with Crippen LogP contribution < -0.4 is 5.32 Å². The molecule has 0 fully saturated rings. The quantitative estimate of drug-likeness (QED) is 0.869. The molecule has 1 heterocycles. The van der Waals surface area contributed by atoms with Gasteiger partial charge in [0.25, 0.3) is 0 Å². The number of rotatable bonds is 3. The lowest BCUT2D eigenvalue weighted by Crippen LogP contribution is -2.09. The second-order valence-electron chi connectivity index (χ2n) is 4.58. The van der Waals surface area contributed by atoms with Gasteiger partial charge in [-0.05, 0) is 44.0 Å². The number of hydrogen-bond acceptors (Lipinski definition) is 5. The number of carbonyl (C=O) groups is 1. The number of ether oxygens (including phenoxy) is 1. The van der Waals surface area contributed by atoms with E-state index < -0.39 is 5.97 Å². The fourth-order valence-electron chi connectivity index (χ4n) is 1.84. The molecule has 5 nitrogen and oxygen atoms in total. The lowest BCUT2D eigenvalue weighted by Gasteiger charge is -2.11. The van der Waals surface area contributed by atoms with Gasteiger partial charge in [0.2, 0.25) is 5.95 Å². The summed E-state index contributed by atoms with van der Waals surface area (Å²) in [6, 6.07) is 7.55. The Morgan fingerprint density at radius 1 is 1.20 bits per heavy atom. The number of benzene rings is 1. The molecule has 0 bridgehead atoms. The molecule has 0 aliphatic rings. The van der Waals surface area contributed by atoms with Crippen LogP contribution in [0.25, 0.3) is 0 Å². The molecule has 0 radical (unpaired) electrons. The zero-order valence-corrected chi connectivity index (χ0v) is 12.0. The third-order valence-corrected chi connectivity index (χ3v) is 3.10. The molecule has 20 heavy (non-hydrogen) atoms. The minimum Gasteiger partial charge on any atom is -0.464 e. The van der Waals surface area contributed by atoms with Gasteiger partial charge < -0.3 is 10.1 Å². The smallest absolute Gasteiger partial charge is 0.356 e. The van der Waals surface area contributed by atoms with Crippen molar-refractivity contribution in [2.24, 2.45) is 0 Å². The monoisotopic (exact) mass is 271 g/mol. The van der Waals surface area contributed by atoms with E-state index in [1.165, 1.54) is 12.7 Å². The molecule has 2 rings (SSSR count). The number of nitrogens with one attached hydrogen (secondary N) is 1. The van der Waals surface area contributed by atoms with Gasteiger partial charge >= 0.3 is 5.97 Å². The first-order chi connectivity index (χ1) is 9.51. The molecule has 1 aromatic carbocycles. The third kappa shape index (κ3) is 2.93. The predicted octanol–water partition coefficient (Wildman–Crippen LogP) is 2.93. The van der Waals surface area contributed by atoms with Crippen LogP contribution in [0.15, 0.2) is 24.3 Å². The number of methoxy groups -OCH3 is 1. The molecule has 0 atom stereocenters. The van der Waals surface area contributed by atoms with Gasteiger partial charge in [-0.25, -0.2) is 14.8 Å². The first kappa shape index (κ1) is 14.0. The maximum atomic E-state index is 11.6. The summed E-state index contributed by atoms with van der Waals surface area (Å²) in [4.78, 5) is 20.0. The van der Waals surface area contributed by atoms with Crippen LogP contribution in [-0.2, 0) is 4.74 Å². The predicted molar refractivity (Wildman–Crippen MR) is 77.3 cm³/mol. The average Bonchev–Trinajstić information content (AvgIpc) is 2.42. The largest absolute Gasteiger partial charge is 0.464 e. The number of aryl methyl sites for hydroxylation is 2. The van der Waals surface area contributed by atoms with Crippen molar-refractivity contribution in [1.29, 1.82) is 0 Å². The molecular formula is C15H17N3O2. The summed E-state index contributed by atoms with van der Waals surface area (Å²) in [6.45, 7) is 5.87. The topological polar surface area (TPSA) is 64.1 Å². The van der Waals surface area contributed by atoms with Gasteiger partial charge in [0.05, 0.1) is 7.11 Å². The normalized spacial score (nSPS) is 10.2. The molecular weight excluding hydrogens is 254 g/mol. The van der Waals surface area contributed by atoms with E-state index in [1.807, 2.05) is 39.0 Å². The summed E-state index contributed by atoms with van der Waals surface area (Å²) in [5.41, 5.74) is 4.17. The molecule has 5 heteroatoms. The van der Waals surface area contributed by atoms with Crippen LogP contribution in [0.5, 0.6) is 0 Å². The van der Waals surface area contributed by atoms with E-state index in [0.29, 0.717) is 11.6 Å². The van der Waals surface area contributed by atoms with Crippen LogP contribution in [0.4, 0.5) is 11.6 Å². The standard InChI is InChI=1S/C15H17N3O2/c1-9-6-5-7-12(11(9)3)17-15-16-10(2)8-13(18-15)14(19)20-4/h5-8H,1-4H3,(H,16,17,18). The number of esters is 1. The summed E-state index contributed by atoms with van der Waals surface area (Å²) in [5.74, 6) is -0.0846. The highest BCUT2D eigenvalue weighted by Gasteiger charge is 2.11. The van der Waals surface area contributed by atoms with E-state index in [0.717, 1.165) is 11.3 Å². The zero-order valence-electron chi connectivity index (χ0n) is 12.0. The molecule has 0 aliphatic carbocycles. The van der Waals surface area contributed by atoms with E-state index in [2.05, 4.69) is 20.0 Å². The van der Waals surface area contributed by atoms with Gasteiger partial charge in [0.1, 0.15) is 0 Å². The third-order valence-electron chi connectivity index (χ3n) is 3.10. The molecule has 0 saturated heterocycles. The molecule has 0 aliphatic heterocycles. The van der Waals surface area contributed by atoms with Crippen LogP contribution in [0.1, 0.15) is 27.3 Å². The lowest BCUT2D eigenvalue weighted by molar-refractivity contribution is 0.0594. The summed E-state index contributed by atoms with van der Waals surface area (Å²) < 4.78 is 4.68. The maximum Gasteiger partial charge on any atom is 0.356 e. The van der Waals surface area contributed by atoms with Crippen LogP contribution >= 0.6 is 0 Å². The highest BCUT2D eigenvalue weighted by molar-refractivity contribution is 5.87. The number of anilines is 2. The summed E-state index contributed by atoms with van der Waals surface area (Å²) in [5, 5.41) is 3.14.